The number of hydrogen-bond acceptors (Lipinski definition) is 3. The van der Waals surface area contributed by atoms with Crippen LogP contribution in [-0.4, -0.2) is 16.3 Å². The van der Waals surface area contributed by atoms with Gasteiger partial charge in [-0.15, -0.1) is 11.8 Å². The molecule has 2 N–H and O–H groups in total. The van der Waals surface area contributed by atoms with Crippen LogP contribution in [-0.2, 0) is 6.18 Å². The van der Waals surface area contributed by atoms with Gasteiger partial charge in [0.1, 0.15) is 0 Å². The lowest BCUT2D eigenvalue weighted by Crippen LogP contribution is -2.29. The predicted octanol–water partition coefficient (Wildman–Crippen LogP) is 3.46. The first-order valence-corrected chi connectivity index (χ1v) is 6.78. The average molecular weight is 276 g/mol. The Hall–Kier alpha value is -0.750. The summed E-state index contributed by atoms with van der Waals surface area (Å²) in [5.41, 5.74) is 5.18. The first-order valence-electron chi connectivity index (χ1n) is 5.90. The lowest BCUT2D eigenvalue weighted by atomic mass is 9.96. The zero-order valence-corrected chi connectivity index (χ0v) is 10.6. The highest BCUT2D eigenvalue weighted by molar-refractivity contribution is 7.99. The van der Waals surface area contributed by atoms with Gasteiger partial charge in [0.15, 0.2) is 0 Å². The Morgan fingerprint density at radius 2 is 2.06 bits per heavy atom. The smallest absolute Gasteiger partial charge is 0.328 e. The molecule has 2 nitrogen and oxygen atoms in total. The second kappa shape index (κ2) is 5.48. The molecule has 0 saturated heterocycles. The van der Waals surface area contributed by atoms with Gasteiger partial charge in [0, 0.05) is 17.5 Å². The van der Waals surface area contributed by atoms with Gasteiger partial charge in [0.25, 0.3) is 0 Å². The van der Waals surface area contributed by atoms with Crippen LogP contribution < -0.4 is 5.73 Å². The second-order valence-electron chi connectivity index (χ2n) is 4.55. The van der Waals surface area contributed by atoms with E-state index in [9.17, 15) is 13.2 Å². The third-order valence-corrected chi connectivity index (χ3v) is 4.26. The van der Waals surface area contributed by atoms with Crippen molar-refractivity contribution in [2.45, 2.75) is 48.2 Å². The van der Waals surface area contributed by atoms with Crippen LogP contribution in [0.15, 0.2) is 23.4 Å². The van der Waals surface area contributed by atoms with E-state index in [4.69, 9.17) is 5.73 Å². The third-order valence-electron chi connectivity index (χ3n) is 3.02. The molecule has 1 aliphatic rings. The molecule has 0 aromatic carbocycles. The van der Waals surface area contributed by atoms with Crippen molar-refractivity contribution in [2.75, 3.05) is 0 Å². The van der Waals surface area contributed by atoms with Crippen LogP contribution in [0.2, 0.25) is 0 Å². The van der Waals surface area contributed by atoms with Crippen molar-refractivity contribution in [3.05, 3.63) is 23.9 Å². The van der Waals surface area contributed by atoms with E-state index in [-0.39, 0.29) is 6.04 Å². The van der Waals surface area contributed by atoms with Crippen molar-refractivity contribution >= 4 is 11.8 Å². The van der Waals surface area contributed by atoms with Crippen molar-refractivity contribution in [3.8, 4) is 0 Å². The number of nitrogens with zero attached hydrogens (tertiary/aromatic N) is 1. The first-order chi connectivity index (χ1) is 8.45. The minimum absolute atomic E-state index is 0.214. The molecule has 100 valence electrons. The summed E-state index contributed by atoms with van der Waals surface area (Å²) in [6.45, 7) is 0. The fourth-order valence-corrected chi connectivity index (χ4v) is 3.31. The van der Waals surface area contributed by atoms with Crippen molar-refractivity contribution < 1.29 is 13.2 Å². The normalized spacial score (nSPS) is 25.1. The molecule has 0 radical (unpaired) electrons. The van der Waals surface area contributed by atoms with Crippen molar-refractivity contribution in [1.82, 2.24) is 4.98 Å². The Balaban J connectivity index is 1.98. The molecule has 18 heavy (non-hydrogen) atoms. The quantitative estimate of drug-likeness (QED) is 0.899. The highest BCUT2D eigenvalue weighted by Crippen LogP contribution is 2.34. The Bertz CT molecular complexity index is 391. The van der Waals surface area contributed by atoms with E-state index in [0.717, 1.165) is 37.9 Å². The van der Waals surface area contributed by atoms with Gasteiger partial charge >= 0.3 is 6.18 Å². The van der Waals surface area contributed by atoms with Crippen LogP contribution in [0.5, 0.6) is 0 Å². The molecule has 0 bridgehead atoms. The molecule has 1 aliphatic carbocycles. The van der Waals surface area contributed by atoms with Gasteiger partial charge in [-0.2, -0.15) is 13.2 Å². The summed E-state index contributed by atoms with van der Waals surface area (Å²) in [7, 11) is 0. The van der Waals surface area contributed by atoms with Gasteiger partial charge in [-0.3, -0.25) is 0 Å². The molecule has 1 aromatic rings. The zero-order valence-electron chi connectivity index (χ0n) is 9.78. The number of aromatic nitrogens is 1. The van der Waals surface area contributed by atoms with Gasteiger partial charge in [0.05, 0.1) is 10.6 Å². The molecular formula is C12H15F3N2S. The number of nitrogens with two attached hydrogens (primary N) is 1. The molecule has 1 saturated carbocycles. The maximum Gasteiger partial charge on any atom is 0.417 e. The van der Waals surface area contributed by atoms with Gasteiger partial charge < -0.3 is 5.73 Å². The summed E-state index contributed by atoms with van der Waals surface area (Å²) in [6, 6.07) is 2.73. The van der Waals surface area contributed by atoms with Crippen molar-refractivity contribution in [1.29, 1.82) is 0 Å². The van der Waals surface area contributed by atoms with E-state index in [1.807, 2.05) is 0 Å². The average Bonchev–Trinajstić information content (AvgIpc) is 2.28. The fourth-order valence-electron chi connectivity index (χ4n) is 2.08. The van der Waals surface area contributed by atoms with E-state index in [2.05, 4.69) is 4.98 Å². The fraction of sp³-hybridized carbons (Fsp3) is 0.583. The topological polar surface area (TPSA) is 38.9 Å². The Morgan fingerprint density at radius 3 is 2.61 bits per heavy atom. The Kier molecular flexibility index (Phi) is 4.17. The van der Waals surface area contributed by atoms with Crippen LogP contribution >= 0.6 is 11.8 Å². The molecule has 2 unspecified atom stereocenters. The molecule has 6 heteroatoms. The van der Waals surface area contributed by atoms with Crippen molar-refractivity contribution in [2.24, 2.45) is 5.73 Å². The molecule has 0 spiro atoms. The van der Waals surface area contributed by atoms with Crippen LogP contribution in [0.4, 0.5) is 13.2 Å². The summed E-state index contributed by atoms with van der Waals surface area (Å²) >= 11 is 1.53. The summed E-state index contributed by atoms with van der Waals surface area (Å²) in [4.78, 5) is 3.87. The summed E-state index contributed by atoms with van der Waals surface area (Å²) in [6.07, 6.45) is 0.667. The first kappa shape index (κ1) is 13.7. The molecule has 2 atom stereocenters. The number of thioether (sulfide) groups is 1. The van der Waals surface area contributed by atoms with Crippen LogP contribution in [0.25, 0.3) is 0 Å². The molecule has 0 aliphatic heterocycles. The molecule has 2 rings (SSSR count). The van der Waals surface area contributed by atoms with Crippen molar-refractivity contribution in [3.63, 3.8) is 0 Å². The summed E-state index contributed by atoms with van der Waals surface area (Å²) < 4.78 is 37.1. The maximum absolute atomic E-state index is 12.4. The second-order valence-corrected chi connectivity index (χ2v) is 5.87. The largest absolute Gasteiger partial charge is 0.417 e. The summed E-state index contributed by atoms with van der Waals surface area (Å²) in [5, 5.41) is 1.01. The molecular weight excluding hydrogens is 261 g/mol. The van der Waals surface area contributed by atoms with E-state index < -0.39 is 11.7 Å². The highest BCUT2D eigenvalue weighted by atomic mass is 32.2. The number of pyridine rings is 1. The van der Waals surface area contributed by atoms with Gasteiger partial charge in [-0.05, 0) is 31.4 Å². The third kappa shape index (κ3) is 3.62. The van der Waals surface area contributed by atoms with E-state index in [1.165, 1.54) is 17.8 Å². The molecule has 0 amide bonds. The Labute approximate surface area is 108 Å². The van der Waals surface area contributed by atoms with E-state index in [1.54, 1.807) is 0 Å². The van der Waals surface area contributed by atoms with Gasteiger partial charge in [-0.25, -0.2) is 4.98 Å². The number of hydrogen-bond donors (Lipinski definition) is 1. The SMILES string of the molecule is NC1CCCC(Sc2ccc(C(F)(F)F)cn2)C1. The maximum atomic E-state index is 12.4. The molecule has 1 aromatic heterocycles. The van der Waals surface area contributed by atoms with Crippen LogP contribution in [0.3, 0.4) is 0 Å². The van der Waals surface area contributed by atoms with Crippen LogP contribution in [0.1, 0.15) is 31.2 Å². The van der Waals surface area contributed by atoms with Gasteiger partial charge in [-0.1, -0.05) is 6.42 Å². The lowest BCUT2D eigenvalue weighted by molar-refractivity contribution is -0.137. The monoisotopic (exact) mass is 276 g/mol. The number of halogens is 3. The number of alkyl halides is 3. The molecule has 1 heterocycles. The minimum atomic E-state index is -4.32. The Morgan fingerprint density at radius 1 is 1.28 bits per heavy atom. The standard InChI is InChI=1S/C12H15F3N2S/c13-12(14,15)8-4-5-11(17-7-8)18-10-3-1-2-9(16)6-10/h4-5,7,9-10H,1-3,6,16H2. The highest BCUT2D eigenvalue weighted by Gasteiger charge is 2.30. The summed E-state index contributed by atoms with van der Waals surface area (Å²) in [5.74, 6) is 0. The van der Waals surface area contributed by atoms with E-state index in [0.29, 0.717) is 10.3 Å². The lowest BCUT2D eigenvalue weighted by Gasteiger charge is -2.25. The molecule has 1 fully saturated rings. The van der Waals surface area contributed by atoms with Crippen LogP contribution in [0, 0.1) is 0 Å². The zero-order chi connectivity index (χ0) is 13.2. The van der Waals surface area contributed by atoms with E-state index >= 15 is 0 Å². The predicted molar refractivity (Wildman–Crippen MR) is 65.3 cm³/mol. The number of rotatable bonds is 2. The minimum Gasteiger partial charge on any atom is -0.328 e. The van der Waals surface area contributed by atoms with Gasteiger partial charge in [0.2, 0.25) is 0 Å².